The molecule has 3 aromatic heterocycles. The third-order valence-corrected chi connectivity index (χ3v) is 19.8. The van der Waals surface area contributed by atoms with Crippen LogP contribution < -0.4 is 35.1 Å². The Morgan fingerprint density at radius 1 is 0.564 bits per heavy atom. The Kier molecular flexibility index (Phi) is 21.9. The maximum Gasteiger partial charge on any atom is 0.295 e. The van der Waals surface area contributed by atoms with E-state index in [9.17, 15) is 65.9 Å². The highest BCUT2D eigenvalue weighted by atomic mass is 32.2. The Morgan fingerprint density at radius 3 is 1.32 bits per heavy atom. The molecule has 0 radical (unpaired) electrons. The van der Waals surface area contributed by atoms with Gasteiger partial charge in [0.25, 0.3) is 43.9 Å². The van der Waals surface area contributed by atoms with Crippen LogP contribution in [-0.2, 0) is 29.7 Å². The van der Waals surface area contributed by atoms with E-state index in [0.717, 1.165) is 46.2 Å². The molecule has 4 amide bonds. The monoisotopic (exact) mass is 1450 g/mol. The van der Waals surface area contributed by atoms with E-state index in [4.69, 9.17) is 34.4 Å². The van der Waals surface area contributed by atoms with Gasteiger partial charge in [0.15, 0.2) is 0 Å². The molecule has 0 unspecified atom stereocenters. The van der Waals surface area contributed by atoms with Crippen molar-refractivity contribution in [3.05, 3.63) is 116 Å². The molecule has 0 aliphatic carbocycles. The molecule has 0 saturated carbocycles. The van der Waals surface area contributed by atoms with E-state index in [1.807, 2.05) is 73.9 Å². The second-order valence-electron chi connectivity index (χ2n) is 22.2. The average Bonchev–Trinajstić information content (AvgIpc) is 1.60. The fourth-order valence-corrected chi connectivity index (χ4v) is 14.5. The summed E-state index contributed by atoms with van der Waals surface area (Å²) in [5, 5.41) is 66.9. The number of imide groups is 2. The van der Waals surface area contributed by atoms with Crippen molar-refractivity contribution in [2.45, 2.75) is 37.5 Å². The lowest BCUT2D eigenvalue weighted by molar-refractivity contribution is 0.0695. The number of rotatable bonds is 27. The van der Waals surface area contributed by atoms with E-state index >= 15 is 0 Å². The Labute approximate surface area is 586 Å². The number of benzene rings is 4. The van der Waals surface area contributed by atoms with Gasteiger partial charge < -0.3 is 54.8 Å². The third-order valence-electron chi connectivity index (χ3n) is 16.3. The van der Waals surface area contributed by atoms with E-state index < -0.39 is 76.2 Å². The van der Waals surface area contributed by atoms with E-state index in [1.165, 1.54) is 36.4 Å². The van der Waals surface area contributed by atoms with Crippen LogP contribution in [0.4, 0.5) is 73.9 Å². The summed E-state index contributed by atoms with van der Waals surface area (Å²) in [4.78, 5) is 88.8. The molecule has 4 aliphatic rings. The molecule has 7 aromatic rings. The normalized spacial score (nSPS) is 15.2. The first-order chi connectivity index (χ1) is 48.6. The minimum Gasteiger partial charge on any atom is -0.395 e. The van der Waals surface area contributed by atoms with Gasteiger partial charge in [0.05, 0.1) is 83.0 Å². The highest BCUT2D eigenvalue weighted by Crippen LogP contribution is 2.43. The molecule has 0 atom stereocenters. The number of allylic oxidation sites excluding steroid dienone is 2. The smallest absolute Gasteiger partial charge is 0.295 e. The number of anilines is 9. The van der Waals surface area contributed by atoms with Crippen LogP contribution in [0.2, 0.25) is 0 Å². The average molecular weight is 1450 g/mol. The van der Waals surface area contributed by atoms with Gasteiger partial charge in [0.1, 0.15) is 56.3 Å². The summed E-state index contributed by atoms with van der Waals surface area (Å²) in [6.45, 7) is 12.4. The number of carbonyl (C=O) groups is 4. The van der Waals surface area contributed by atoms with Crippen molar-refractivity contribution in [2.75, 3.05) is 140 Å². The zero-order valence-electron chi connectivity index (χ0n) is 54.5. The van der Waals surface area contributed by atoms with Crippen molar-refractivity contribution < 1.29 is 64.8 Å². The molecule has 0 bridgehead atoms. The minimum atomic E-state index is -4.97. The number of aliphatic hydroxyl groups excluding tert-OH is 2. The summed E-state index contributed by atoms with van der Waals surface area (Å²) in [5.41, 5.74) is -0.107. The van der Waals surface area contributed by atoms with Gasteiger partial charge in [-0.15, -0.1) is 20.5 Å². The highest BCUT2D eigenvalue weighted by molar-refractivity contribution is 7.86. The number of morpholine rings is 2. The van der Waals surface area contributed by atoms with Gasteiger partial charge in [-0.3, -0.25) is 28.3 Å². The van der Waals surface area contributed by atoms with E-state index in [-0.39, 0.29) is 86.7 Å². The number of azo groups is 2. The van der Waals surface area contributed by atoms with Crippen LogP contribution in [-0.4, -0.2) is 200 Å². The Bertz CT molecular complexity index is 4560. The zero-order chi connectivity index (χ0) is 71.9. The predicted molar refractivity (Wildman–Crippen MR) is 372 cm³/mol. The number of aromatic nitrogens is 5. The number of nitrogens with one attached hydrogen (secondary N) is 2. The molecule has 101 heavy (non-hydrogen) atoms. The number of nitrogens with zero attached hydrogens (tertiary/aromatic N) is 18. The van der Waals surface area contributed by atoms with E-state index in [2.05, 4.69) is 40.9 Å². The van der Waals surface area contributed by atoms with Gasteiger partial charge in [0, 0.05) is 76.8 Å². The van der Waals surface area contributed by atoms with Crippen LogP contribution in [0.3, 0.4) is 0 Å². The lowest BCUT2D eigenvalue weighted by Gasteiger charge is -2.27. The molecule has 4 aromatic carbocycles. The Morgan fingerprint density at radius 2 is 0.960 bits per heavy atom. The molecule has 4 aliphatic heterocycles. The van der Waals surface area contributed by atoms with Crippen molar-refractivity contribution in [2.24, 2.45) is 20.5 Å². The summed E-state index contributed by atoms with van der Waals surface area (Å²) in [5.74, 6) is -3.71. The molecular weight excluding hydrogens is 1390 g/mol. The Balaban J connectivity index is 0.960. The van der Waals surface area contributed by atoms with Crippen LogP contribution in [0, 0.1) is 22.7 Å². The fourth-order valence-electron chi connectivity index (χ4n) is 11.4. The van der Waals surface area contributed by atoms with Crippen LogP contribution >= 0.6 is 22.7 Å². The maximum atomic E-state index is 13.9. The topological polar surface area (TPSA) is 444 Å². The number of hydrogen-bond donors (Lipinski definition) is 6. The standard InChI is InChI=1S/C63H64N20O14S4/c1-5-77(6-2)37-15-17-43(73-75-62-68-53(79-21-27-96-28-22-79)47(98-62)33-39(35-64)82-55(86)41-11-9-13-49(100(90,91)92)51(41)57(82)88)45(31-37)66-59-70-60(72-61(71-59)81(19-25-84)20-26-85)67-46-32-38(78(7-3)8-4)16-18-44(46)74-76-63-69-54(80-23-29-97-30-24-80)48(99-63)34-40(36-65)83-56(87)42-12-10-14-50(101(93,94)95)52(42)58(83)89/h9-18,31-34,84-85H,5-8,19-30H2,1-4H3,(H,90,91,92)(H,93,94,95)(H2,66,67,70,71,72)/b39-33+,40-34+,75-73?,76-74?. The second kappa shape index (κ2) is 30.9. The van der Waals surface area contributed by atoms with E-state index in [1.54, 1.807) is 17.0 Å². The summed E-state index contributed by atoms with van der Waals surface area (Å²) in [6.07, 6.45) is 2.53. The van der Waals surface area contributed by atoms with Crippen molar-refractivity contribution in [1.82, 2.24) is 34.7 Å². The molecule has 2 saturated heterocycles. The van der Waals surface area contributed by atoms with Crippen molar-refractivity contribution in [3.8, 4) is 12.1 Å². The molecule has 524 valence electrons. The number of fused-ring (bicyclic) bond motifs is 2. The van der Waals surface area contributed by atoms with Crippen molar-refractivity contribution in [1.29, 1.82) is 10.5 Å². The predicted octanol–water partition coefficient (Wildman–Crippen LogP) is 8.07. The molecule has 11 rings (SSSR count). The SMILES string of the molecule is CCN(CC)c1ccc(N=Nc2nc(N3CCOCC3)c(/C=C(\C#N)N3C(=O)c4cccc(S(=O)(=O)O)c4C3=O)s2)c(Nc2nc(Nc3cc(N(CC)CC)ccc3N=Nc3nc(N4CCOCC4)c(/C=C(\C#N)N4C(=O)c5cccc(S(=O)(=O)O)c5C4=O)s3)nc(N(CCO)CCO)n2)c1. The van der Waals surface area contributed by atoms with Gasteiger partial charge in [-0.1, -0.05) is 34.8 Å². The molecule has 38 heteroatoms. The number of hydrogen-bond acceptors (Lipinski definition) is 32. The molecule has 0 spiro atoms. The van der Waals surface area contributed by atoms with Gasteiger partial charge in [0.2, 0.25) is 28.1 Å². The number of aliphatic hydroxyl groups is 2. The summed E-state index contributed by atoms with van der Waals surface area (Å²) in [6, 6.07) is 21.3. The first-order valence-corrected chi connectivity index (χ1v) is 35.9. The molecule has 7 heterocycles. The van der Waals surface area contributed by atoms with Gasteiger partial charge in [-0.2, -0.15) is 52.3 Å². The lowest BCUT2D eigenvalue weighted by Crippen LogP contribution is -2.36. The van der Waals surface area contributed by atoms with Gasteiger partial charge in [-0.05, 0) is 101 Å². The second-order valence-corrected chi connectivity index (χ2v) is 27.0. The quantitative estimate of drug-likeness (QED) is 0.0123. The molecular formula is C63H64N20O14S4. The maximum absolute atomic E-state index is 13.9. The summed E-state index contributed by atoms with van der Waals surface area (Å²) >= 11 is 1.94. The van der Waals surface area contributed by atoms with Crippen LogP contribution in [0.1, 0.15) is 78.9 Å². The van der Waals surface area contributed by atoms with Gasteiger partial charge >= 0.3 is 0 Å². The minimum absolute atomic E-state index is 0.0155. The zero-order valence-corrected chi connectivity index (χ0v) is 57.7. The summed E-state index contributed by atoms with van der Waals surface area (Å²) < 4.78 is 80.5. The van der Waals surface area contributed by atoms with Crippen molar-refractivity contribution in [3.63, 3.8) is 0 Å². The summed E-state index contributed by atoms with van der Waals surface area (Å²) in [7, 11) is -9.93. The number of carbonyl (C=O) groups excluding carboxylic acids is 4. The third kappa shape index (κ3) is 15.3. The lowest BCUT2D eigenvalue weighted by atomic mass is 10.1. The van der Waals surface area contributed by atoms with Gasteiger partial charge in [-0.25, -0.2) is 9.80 Å². The van der Waals surface area contributed by atoms with E-state index in [0.29, 0.717) is 112 Å². The number of ether oxygens (including phenoxy) is 2. The first kappa shape index (κ1) is 71.6. The first-order valence-electron chi connectivity index (χ1n) is 31.4. The fraction of sp³-hybridized carbons (Fsp3) is 0.317. The van der Waals surface area contributed by atoms with Crippen LogP contribution in [0.25, 0.3) is 12.2 Å². The van der Waals surface area contributed by atoms with Crippen LogP contribution in [0.15, 0.2) is 114 Å². The largest absolute Gasteiger partial charge is 0.395 e. The Hall–Kier alpha value is -10.6. The molecule has 2 fully saturated rings. The highest BCUT2D eigenvalue weighted by Gasteiger charge is 2.44. The number of nitriles is 2. The number of thiazole rings is 2. The number of amides is 4. The molecule has 34 nitrogen and oxygen atoms in total. The molecule has 6 N–H and O–H groups in total. The van der Waals surface area contributed by atoms with Crippen molar-refractivity contribution >= 4 is 153 Å². The van der Waals surface area contributed by atoms with Crippen LogP contribution in [0.5, 0.6) is 0 Å².